The van der Waals surface area contributed by atoms with Gasteiger partial charge in [0, 0.05) is 38.1 Å². The van der Waals surface area contributed by atoms with Gasteiger partial charge in [0.15, 0.2) is 0 Å². The average molecular weight is 436 g/mol. The van der Waals surface area contributed by atoms with E-state index in [2.05, 4.69) is 52.7 Å². The molecule has 2 aromatic rings. The van der Waals surface area contributed by atoms with Gasteiger partial charge in [0.25, 0.3) is 0 Å². The molecular formula is C26H33N3O3. The van der Waals surface area contributed by atoms with Crippen molar-refractivity contribution in [2.75, 3.05) is 26.2 Å². The Bertz CT molecular complexity index is 954. The molecule has 170 valence electrons. The first-order valence-electron chi connectivity index (χ1n) is 11.4. The number of rotatable bonds is 4. The molecule has 0 saturated carbocycles. The smallest absolute Gasteiger partial charge is 0.407 e. The summed E-state index contributed by atoms with van der Waals surface area (Å²) in [6.45, 7) is 8.72. The fourth-order valence-corrected chi connectivity index (χ4v) is 4.63. The quantitative estimate of drug-likeness (QED) is 0.794. The normalized spacial score (nSPS) is 21.2. The largest absolute Gasteiger partial charge is 0.444 e. The summed E-state index contributed by atoms with van der Waals surface area (Å²) in [6, 6.07) is 18.9. The predicted molar refractivity (Wildman–Crippen MR) is 124 cm³/mol. The minimum Gasteiger partial charge on any atom is -0.444 e. The van der Waals surface area contributed by atoms with Gasteiger partial charge < -0.3 is 15.0 Å². The number of hydrogen-bond donors (Lipinski definition) is 1. The molecule has 1 fully saturated rings. The molecule has 6 heteroatoms. The van der Waals surface area contributed by atoms with Crippen molar-refractivity contribution < 1.29 is 14.3 Å². The number of nitrogens with zero attached hydrogens (tertiary/aromatic N) is 2. The lowest BCUT2D eigenvalue weighted by Gasteiger charge is -2.36. The Balaban J connectivity index is 1.37. The van der Waals surface area contributed by atoms with E-state index >= 15 is 0 Å². The van der Waals surface area contributed by atoms with Crippen molar-refractivity contribution in [3.63, 3.8) is 0 Å². The summed E-state index contributed by atoms with van der Waals surface area (Å²) >= 11 is 0. The van der Waals surface area contributed by atoms with Gasteiger partial charge in [-0.15, -0.1) is 0 Å². The van der Waals surface area contributed by atoms with E-state index in [4.69, 9.17) is 4.74 Å². The third-order valence-corrected chi connectivity index (χ3v) is 6.10. The van der Waals surface area contributed by atoms with Crippen molar-refractivity contribution in [2.24, 2.45) is 0 Å². The Labute approximate surface area is 190 Å². The van der Waals surface area contributed by atoms with Crippen LogP contribution in [0.3, 0.4) is 0 Å². The van der Waals surface area contributed by atoms with Gasteiger partial charge in [-0.05, 0) is 43.9 Å². The lowest BCUT2D eigenvalue weighted by Crippen LogP contribution is -2.45. The zero-order chi connectivity index (χ0) is 22.7. The van der Waals surface area contributed by atoms with Crippen LogP contribution in [-0.2, 0) is 16.1 Å². The summed E-state index contributed by atoms with van der Waals surface area (Å²) in [6.07, 6.45) is 0.427. The second-order valence-corrected chi connectivity index (χ2v) is 9.80. The van der Waals surface area contributed by atoms with Crippen LogP contribution in [0.25, 0.3) is 0 Å². The van der Waals surface area contributed by atoms with E-state index in [0.717, 1.165) is 13.0 Å². The van der Waals surface area contributed by atoms with Gasteiger partial charge in [0.05, 0.1) is 6.54 Å². The van der Waals surface area contributed by atoms with Crippen LogP contribution in [0, 0.1) is 0 Å². The van der Waals surface area contributed by atoms with Crippen LogP contribution in [0.4, 0.5) is 4.79 Å². The number of nitrogens with one attached hydrogen (secondary N) is 1. The maximum absolute atomic E-state index is 13.2. The summed E-state index contributed by atoms with van der Waals surface area (Å²) in [4.78, 5) is 29.4. The first-order chi connectivity index (χ1) is 15.3. The van der Waals surface area contributed by atoms with Crippen LogP contribution in [0.15, 0.2) is 54.6 Å². The maximum atomic E-state index is 13.2. The number of likely N-dealkylation sites (tertiary alicyclic amines) is 1. The molecule has 1 N–H and O–H groups in total. The van der Waals surface area contributed by atoms with E-state index in [1.807, 2.05) is 37.8 Å². The third-order valence-electron chi connectivity index (χ3n) is 6.10. The zero-order valence-electron chi connectivity index (χ0n) is 19.2. The number of ether oxygens (including phenoxy) is 1. The molecule has 1 saturated heterocycles. The maximum Gasteiger partial charge on any atom is 0.407 e. The molecule has 2 aliphatic rings. The van der Waals surface area contributed by atoms with Crippen molar-refractivity contribution >= 4 is 12.0 Å². The van der Waals surface area contributed by atoms with Crippen LogP contribution in [-0.4, -0.2) is 59.6 Å². The Hall–Kier alpha value is -2.86. The molecule has 2 aliphatic heterocycles. The number of alkyl carbamates (subject to hydrolysis) is 1. The monoisotopic (exact) mass is 435 g/mol. The van der Waals surface area contributed by atoms with Gasteiger partial charge in [0.1, 0.15) is 5.60 Å². The van der Waals surface area contributed by atoms with Gasteiger partial charge >= 0.3 is 6.09 Å². The number of carbonyl (C=O) groups is 2. The SMILES string of the molecule is CC(C)(C)OC(=O)NC1CCN(CC(=O)N2Cc3ccccc3C(c3ccccc3)C2)C1. The van der Waals surface area contributed by atoms with Crippen LogP contribution < -0.4 is 5.32 Å². The average Bonchev–Trinajstić information content (AvgIpc) is 3.18. The van der Waals surface area contributed by atoms with Crippen molar-refractivity contribution in [1.29, 1.82) is 0 Å². The Morgan fingerprint density at radius 1 is 1.03 bits per heavy atom. The molecular weight excluding hydrogens is 402 g/mol. The standard InChI is InChI=1S/C26H33N3O3/c1-26(2,3)32-25(31)27-21-13-14-28(16-21)18-24(30)29-15-20-11-7-8-12-22(20)23(17-29)19-9-5-4-6-10-19/h4-12,21,23H,13-18H2,1-3H3,(H,27,31). The van der Waals surface area contributed by atoms with E-state index in [1.165, 1.54) is 16.7 Å². The van der Waals surface area contributed by atoms with Crippen LogP contribution in [0.2, 0.25) is 0 Å². The van der Waals surface area contributed by atoms with Crippen molar-refractivity contribution in [3.8, 4) is 0 Å². The van der Waals surface area contributed by atoms with E-state index in [0.29, 0.717) is 26.2 Å². The number of fused-ring (bicyclic) bond motifs is 1. The van der Waals surface area contributed by atoms with E-state index in [9.17, 15) is 9.59 Å². The zero-order valence-corrected chi connectivity index (χ0v) is 19.2. The molecule has 0 radical (unpaired) electrons. The van der Waals surface area contributed by atoms with Gasteiger partial charge in [0.2, 0.25) is 5.91 Å². The molecule has 2 heterocycles. The summed E-state index contributed by atoms with van der Waals surface area (Å²) in [5.74, 6) is 0.323. The Morgan fingerprint density at radius 2 is 1.75 bits per heavy atom. The minimum absolute atomic E-state index is 0.0109. The predicted octanol–water partition coefficient (Wildman–Crippen LogP) is 3.76. The van der Waals surface area contributed by atoms with Gasteiger partial charge in [-0.3, -0.25) is 9.69 Å². The lowest BCUT2D eigenvalue weighted by atomic mass is 9.84. The molecule has 0 bridgehead atoms. The van der Waals surface area contributed by atoms with E-state index in [-0.39, 0.29) is 17.9 Å². The fourth-order valence-electron chi connectivity index (χ4n) is 4.63. The van der Waals surface area contributed by atoms with Crippen LogP contribution in [0.5, 0.6) is 0 Å². The number of hydrogen-bond acceptors (Lipinski definition) is 4. The minimum atomic E-state index is -0.516. The summed E-state index contributed by atoms with van der Waals surface area (Å²) in [5, 5.41) is 2.93. The number of amides is 2. The Kier molecular flexibility index (Phi) is 6.51. The molecule has 2 amide bonds. The highest BCUT2D eigenvalue weighted by Crippen LogP contribution is 2.33. The second-order valence-electron chi connectivity index (χ2n) is 9.80. The fraction of sp³-hybridized carbons (Fsp3) is 0.462. The summed E-state index contributed by atoms with van der Waals surface area (Å²) in [5.41, 5.74) is 3.25. The van der Waals surface area contributed by atoms with Crippen molar-refractivity contribution in [2.45, 2.75) is 51.3 Å². The van der Waals surface area contributed by atoms with Crippen molar-refractivity contribution in [1.82, 2.24) is 15.1 Å². The van der Waals surface area contributed by atoms with Gasteiger partial charge in [-0.1, -0.05) is 54.6 Å². The molecule has 2 aromatic carbocycles. The summed E-state index contributed by atoms with van der Waals surface area (Å²) < 4.78 is 5.35. The number of carbonyl (C=O) groups excluding carboxylic acids is 2. The first kappa shape index (κ1) is 22.3. The molecule has 32 heavy (non-hydrogen) atoms. The van der Waals surface area contributed by atoms with Crippen LogP contribution in [0.1, 0.15) is 49.8 Å². The highest BCUT2D eigenvalue weighted by atomic mass is 16.6. The summed E-state index contributed by atoms with van der Waals surface area (Å²) in [7, 11) is 0. The molecule has 0 aliphatic carbocycles. The highest BCUT2D eigenvalue weighted by molar-refractivity contribution is 5.79. The molecule has 2 atom stereocenters. The molecule has 2 unspecified atom stereocenters. The molecule has 4 rings (SSSR count). The van der Waals surface area contributed by atoms with E-state index in [1.54, 1.807) is 0 Å². The Morgan fingerprint density at radius 3 is 2.50 bits per heavy atom. The van der Waals surface area contributed by atoms with E-state index < -0.39 is 11.7 Å². The number of benzene rings is 2. The van der Waals surface area contributed by atoms with Crippen molar-refractivity contribution in [3.05, 3.63) is 71.3 Å². The third kappa shape index (κ3) is 5.49. The van der Waals surface area contributed by atoms with Gasteiger partial charge in [-0.25, -0.2) is 4.79 Å². The topological polar surface area (TPSA) is 61.9 Å². The van der Waals surface area contributed by atoms with Gasteiger partial charge in [-0.2, -0.15) is 0 Å². The molecule has 0 spiro atoms. The highest BCUT2D eigenvalue weighted by Gasteiger charge is 2.32. The lowest BCUT2D eigenvalue weighted by molar-refractivity contribution is -0.133. The molecule has 6 nitrogen and oxygen atoms in total. The molecule has 0 aromatic heterocycles. The first-order valence-corrected chi connectivity index (χ1v) is 11.4. The van der Waals surface area contributed by atoms with Crippen LogP contribution >= 0.6 is 0 Å². The second kappa shape index (κ2) is 9.33.